The van der Waals surface area contributed by atoms with Gasteiger partial charge in [-0.1, -0.05) is 206 Å². The van der Waals surface area contributed by atoms with Crippen LogP contribution in [0, 0.1) is 11.8 Å². The molecule has 0 N–H and O–H groups in total. The standard InChI is InChI=1S/2C18H15P.C11H10O2.Pt/c2*1-4-10-16(11-5-1)19(17-12-6-2-7-13-17)18-14-8-3-9-15-18;1-2-13-11(12)9-8-10-6-4-3-5-7-10;/h2*1-15H;3-7H,2H2,1H3;. The Kier molecular flexibility index (Phi) is 17.5. The number of ether oxygens (including phenoxy) is 1. The molecule has 0 unspecified atom stereocenters. The van der Waals surface area contributed by atoms with Crippen LogP contribution in [0.2, 0.25) is 0 Å². The van der Waals surface area contributed by atoms with Crippen LogP contribution in [0.15, 0.2) is 212 Å². The zero-order valence-electron chi connectivity index (χ0n) is 28.9. The molecule has 0 radical (unpaired) electrons. The summed E-state index contributed by atoms with van der Waals surface area (Å²) < 4.78 is 4.65. The van der Waals surface area contributed by atoms with Gasteiger partial charge < -0.3 is 4.74 Å². The normalized spacial score (nSPS) is 9.83. The minimum atomic E-state index is -0.480. The van der Waals surface area contributed by atoms with Crippen LogP contribution in [0.25, 0.3) is 0 Å². The summed E-state index contributed by atoms with van der Waals surface area (Å²) in [6.45, 7) is 2.12. The molecule has 0 amide bonds. The molecule has 52 heavy (non-hydrogen) atoms. The molecule has 7 aromatic carbocycles. The molecule has 0 spiro atoms. The van der Waals surface area contributed by atoms with E-state index < -0.39 is 21.8 Å². The van der Waals surface area contributed by atoms with E-state index in [0.29, 0.717) is 6.61 Å². The van der Waals surface area contributed by atoms with Crippen molar-refractivity contribution in [2.24, 2.45) is 0 Å². The molecular weight excluding hydrogens is 854 g/mol. The van der Waals surface area contributed by atoms with E-state index in [0.717, 1.165) is 5.56 Å². The van der Waals surface area contributed by atoms with Crippen LogP contribution >= 0.6 is 15.8 Å². The Hall–Kier alpha value is -4.88. The van der Waals surface area contributed by atoms with Gasteiger partial charge in [0, 0.05) is 32.5 Å². The first kappa shape index (κ1) is 39.9. The number of hydrogen-bond acceptors (Lipinski definition) is 2. The Morgan fingerprint density at radius 2 is 0.654 bits per heavy atom. The summed E-state index contributed by atoms with van der Waals surface area (Å²) >= 11 is 0. The van der Waals surface area contributed by atoms with Crippen molar-refractivity contribution in [2.45, 2.75) is 6.92 Å². The van der Waals surface area contributed by atoms with E-state index >= 15 is 0 Å². The first-order valence-corrected chi connectivity index (χ1v) is 19.6. The minimum Gasteiger partial charge on any atom is -0.456 e. The van der Waals surface area contributed by atoms with Crippen LogP contribution in [-0.2, 0) is 30.6 Å². The van der Waals surface area contributed by atoms with Crippen LogP contribution < -0.4 is 31.8 Å². The third-order valence-corrected chi connectivity index (χ3v) is 12.3. The van der Waals surface area contributed by atoms with Crippen molar-refractivity contribution in [1.82, 2.24) is 0 Å². The van der Waals surface area contributed by atoms with Crippen molar-refractivity contribution in [1.29, 1.82) is 0 Å². The maximum absolute atomic E-state index is 10.8. The van der Waals surface area contributed by atoms with Gasteiger partial charge in [0.15, 0.2) is 0 Å². The summed E-state index contributed by atoms with van der Waals surface area (Å²) in [4.78, 5) is 10.8. The molecule has 2 nitrogen and oxygen atoms in total. The van der Waals surface area contributed by atoms with Crippen molar-refractivity contribution < 1.29 is 30.6 Å². The van der Waals surface area contributed by atoms with E-state index in [1.165, 1.54) is 31.8 Å². The van der Waals surface area contributed by atoms with Crippen molar-refractivity contribution >= 4 is 53.6 Å². The fourth-order valence-electron chi connectivity index (χ4n) is 5.17. The van der Waals surface area contributed by atoms with Crippen LogP contribution in [0.5, 0.6) is 0 Å². The van der Waals surface area contributed by atoms with Crippen LogP contribution in [0.3, 0.4) is 0 Å². The van der Waals surface area contributed by atoms with Crippen molar-refractivity contribution in [3.63, 3.8) is 0 Å². The Morgan fingerprint density at radius 1 is 0.423 bits per heavy atom. The van der Waals surface area contributed by atoms with Gasteiger partial charge in [-0.2, -0.15) is 0 Å². The second-order valence-electron chi connectivity index (χ2n) is 11.0. The Labute approximate surface area is 325 Å². The van der Waals surface area contributed by atoms with Gasteiger partial charge >= 0.3 is 5.97 Å². The number of carbonyl (C=O) groups excluding carboxylic acids is 1. The SMILES string of the molecule is CCOC(=O)C#Cc1ccccc1.[Pt].c1ccc(P(c2ccccc2)c2ccccc2)cc1.c1ccc(P(c2ccccc2)c2ccccc2)cc1. The van der Waals surface area contributed by atoms with Gasteiger partial charge in [0.1, 0.15) is 0 Å². The van der Waals surface area contributed by atoms with Gasteiger partial charge in [-0.25, -0.2) is 4.79 Å². The topological polar surface area (TPSA) is 26.3 Å². The average Bonchev–Trinajstić information content (AvgIpc) is 3.21. The summed E-state index contributed by atoms with van der Waals surface area (Å²) in [7, 11) is -0.892. The maximum Gasteiger partial charge on any atom is 0.384 e. The number of rotatable bonds is 7. The molecule has 7 aromatic rings. The second-order valence-corrected chi connectivity index (χ2v) is 15.5. The van der Waals surface area contributed by atoms with Crippen molar-refractivity contribution in [3.05, 3.63) is 218 Å². The Bertz CT molecular complexity index is 1750. The molecule has 0 fully saturated rings. The molecular formula is C47H40O2P2Pt. The summed E-state index contributed by atoms with van der Waals surface area (Å²) in [5.74, 6) is 4.61. The molecule has 0 bridgehead atoms. The molecule has 7 rings (SSSR count). The molecule has 5 heteroatoms. The Morgan fingerprint density at radius 3 is 0.885 bits per heavy atom. The first-order chi connectivity index (χ1) is 25.2. The van der Waals surface area contributed by atoms with E-state index in [2.05, 4.69) is 199 Å². The minimum absolute atomic E-state index is 0. The van der Waals surface area contributed by atoms with Gasteiger partial charge in [-0.05, 0) is 66.7 Å². The van der Waals surface area contributed by atoms with Gasteiger partial charge in [-0.3, -0.25) is 0 Å². The zero-order valence-corrected chi connectivity index (χ0v) is 33.0. The Balaban J connectivity index is 0.000000177. The third kappa shape index (κ3) is 12.7. The van der Waals surface area contributed by atoms with Gasteiger partial charge in [0.05, 0.1) is 6.61 Å². The molecule has 0 aliphatic rings. The van der Waals surface area contributed by atoms with E-state index in [1.807, 2.05) is 30.3 Å². The predicted molar refractivity (Wildman–Crippen MR) is 220 cm³/mol. The third-order valence-electron chi connectivity index (χ3n) is 7.44. The molecule has 0 atom stereocenters. The van der Waals surface area contributed by atoms with E-state index in [9.17, 15) is 4.79 Å². The first-order valence-electron chi connectivity index (χ1n) is 16.9. The van der Waals surface area contributed by atoms with Crippen molar-refractivity contribution in [3.8, 4) is 11.8 Å². The fourth-order valence-corrected chi connectivity index (χ4v) is 9.78. The molecule has 0 heterocycles. The monoisotopic (exact) mass is 893 g/mol. The summed E-state index contributed by atoms with van der Waals surface area (Å²) in [6.07, 6.45) is 0. The fraction of sp³-hybridized carbons (Fsp3) is 0.0426. The summed E-state index contributed by atoms with van der Waals surface area (Å²) in [6, 6.07) is 74.0. The molecule has 260 valence electrons. The van der Waals surface area contributed by atoms with Crippen LogP contribution in [-0.4, -0.2) is 12.6 Å². The molecule has 0 aromatic heterocycles. The van der Waals surface area contributed by atoms with Gasteiger partial charge in [0.25, 0.3) is 0 Å². The number of hydrogen-bond donors (Lipinski definition) is 0. The quantitative estimate of drug-likeness (QED) is 0.0913. The number of benzene rings is 7. The smallest absolute Gasteiger partial charge is 0.384 e. The zero-order chi connectivity index (χ0) is 35.4. The molecule has 0 saturated carbocycles. The maximum atomic E-state index is 10.8. The van der Waals surface area contributed by atoms with Crippen LogP contribution in [0.1, 0.15) is 12.5 Å². The van der Waals surface area contributed by atoms with Crippen LogP contribution in [0.4, 0.5) is 0 Å². The average molecular weight is 894 g/mol. The van der Waals surface area contributed by atoms with Gasteiger partial charge in [-0.15, -0.1) is 0 Å². The summed E-state index contributed by atoms with van der Waals surface area (Å²) in [5.41, 5.74) is 0.815. The van der Waals surface area contributed by atoms with E-state index in [4.69, 9.17) is 0 Å². The van der Waals surface area contributed by atoms with Gasteiger partial charge in [0.2, 0.25) is 0 Å². The van der Waals surface area contributed by atoms with E-state index in [-0.39, 0.29) is 21.1 Å². The number of esters is 1. The predicted octanol–water partition coefficient (Wildman–Crippen LogP) is 8.49. The number of carbonyl (C=O) groups is 1. The molecule has 0 aliphatic heterocycles. The molecule has 0 saturated heterocycles. The van der Waals surface area contributed by atoms with Crippen molar-refractivity contribution in [2.75, 3.05) is 6.61 Å². The largest absolute Gasteiger partial charge is 0.456 e. The van der Waals surface area contributed by atoms with E-state index in [1.54, 1.807) is 6.92 Å². The second kappa shape index (κ2) is 22.8. The summed E-state index contributed by atoms with van der Waals surface area (Å²) in [5, 5.41) is 8.39. The molecule has 0 aliphatic carbocycles.